The predicted octanol–water partition coefficient (Wildman–Crippen LogP) is 4.31. The fraction of sp³-hybridized carbons (Fsp3) is 0.429. The maximum absolute atomic E-state index is 12.2. The predicted molar refractivity (Wildman–Crippen MR) is 108 cm³/mol. The van der Waals surface area contributed by atoms with E-state index in [0.717, 1.165) is 12.0 Å². The SMILES string of the molecule is C#CCN(C/C=C/c1ccccc1SC(C)CC)C(=O)CCCC(=O)O. The summed E-state index contributed by atoms with van der Waals surface area (Å²) >= 11 is 1.84. The minimum Gasteiger partial charge on any atom is -0.481 e. The van der Waals surface area contributed by atoms with E-state index in [1.54, 1.807) is 4.90 Å². The summed E-state index contributed by atoms with van der Waals surface area (Å²) in [6.07, 6.45) is 10.9. The molecule has 5 heteroatoms. The Morgan fingerprint density at radius 3 is 2.73 bits per heavy atom. The van der Waals surface area contributed by atoms with Crippen molar-refractivity contribution in [2.45, 2.75) is 49.7 Å². The van der Waals surface area contributed by atoms with Crippen LogP contribution >= 0.6 is 11.8 Å². The van der Waals surface area contributed by atoms with E-state index in [4.69, 9.17) is 11.5 Å². The average molecular weight is 374 g/mol. The van der Waals surface area contributed by atoms with Gasteiger partial charge in [0.05, 0.1) is 6.54 Å². The van der Waals surface area contributed by atoms with Crippen LogP contribution in [0.5, 0.6) is 0 Å². The molecule has 0 saturated heterocycles. The molecule has 4 nitrogen and oxygen atoms in total. The lowest BCUT2D eigenvalue weighted by Crippen LogP contribution is -2.31. The van der Waals surface area contributed by atoms with E-state index in [1.165, 1.54) is 4.90 Å². The maximum Gasteiger partial charge on any atom is 0.303 e. The van der Waals surface area contributed by atoms with Gasteiger partial charge in [0.2, 0.25) is 5.91 Å². The molecule has 0 aliphatic carbocycles. The molecule has 1 aromatic carbocycles. The number of carboxylic acids is 1. The van der Waals surface area contributed by atoms with Crippen molar-refractivity contribution in [1.82, 2.24) is 4.90 Å². The third-order valence-corrected chi connectivity index (χ3v) is 5.22. The first-order chi connectivity index (χ1) is 12.5. The van der Waals surface area contributed by atoms with Gasteiger partial charge in [0, 0.05) is 29.5 Å². The van der Waals surface area contributed by atoms with Crippen LogP contribution in [0.4, 0.5) is 0 Å². The number of hydrogen-bond donors (Lipinski definition) is 1. The van der Waals surface area contributed by atoms with Crippen LogP contribution < -0.4 is 0 Å². The molecule has 1 amide bonds. The van der Waals surface area contributed by atoms with Gasteiger partial charge in [-0.25, -0.2) is 0 Å². The first-order valence-corrected chi connectivity index (χ1v) is 9.71. The topological polar surface area (TPSA) is 57.6 Å². The van der Waals surface area contributed by atoms with Gasteiger partial charge in [0.15, 0.2) is 0 Å². The third kappa shape index (κ3) is 8.26. The Morgan fingerprint density at radius 2 is 2.08 bits per heavy atom. The Bertz CT molecular complexity index is 663. The first kappa shape index (κ1) is 21.9. The number of amides is 1. The van der Waals surface area contributed by atoms with Gasteiger partial charge < -0.3 is 10.0 Å². The molecule has 0 aliphatic heterocycles. The molecule has 0 spiro atoms. The maximum atomic E-state index is 12.2. The highest BCUT2D eigenvalue weighted by Gasteiger charge is 2.11. The Labute approximate surface area is 160 Å². The quantitative estimate of drug-likeness (QED) is 0.464. The minimum absolute atomic E-state index is 0.00825. The van der Waals surface area contributed by atoms with Crippen LogP contribution in [0.25, 0.3) is 6.08 Å². The molecule has 0 aliphatic rings. The number of carbonyl (C=O) groups excluding carboxylic acids is 1. The lowest BCUT2D eigenvalue weighted by atomic mass is 10.2. The fourth-order valence-electron chi connectivity index (χ4n) is 2.25. The monoisotopic (exact) mass is 373 g/mol. The normalized spacial score (nSPS) is 11.9. The summed E-state index contributed by atoms with van der Waals surface area (Å²) in [4.78, 5) is 25.6. The third-order valence-electron chi connectivity index (χ3n) is 3.86. The zero-order valence-electron chi connectivity index (χ0n) is 15.5. The Morgan fingerprint density at radius 1 is 1.35 bits per heavy atom. The van der Waals surface area contributed by atoms with Gasteiger partial charge in [0.1, 0.15) is 0 Å². The number of nitrogens with zero attached hydrogens (tertiary/aromatic N) is 1. The van der Waals surface area contributed by atoms with E-state index < -0.39 is 5.97 Å². The summed E-state index contributed by atoms with van der Waals surface area (Å²) in [5.41, 5.74) is 1.12. The molecule has 1 rings (SSSR count). The zero-order valence-corrected chi connectivity index (χ0v) is 16.3. The number of carbonyl (C=O) groups is 2. The molecule has 0 saturated carbocycles. The van der Waals surface area contributed by atoms with E-state index in [0.29, 0.717) is 18.2 Å². The van der Waals surface area contributed by atoms with Crippen LogP contribution in [-0.2, 0) is 9.59 Å². The van der Waals surface area contributed by atoms with Crippen molar-refractivity contribution >= 4 is 29.7 Å². The van der Waals surface area contributed by atoms with Gasteiger partial charge in [-0.1, -0.05) is 50.1 Å². The number of thioether (sulfide) groups is 1. The van der Waals surface area contributed by atoms with Gasteiger partial charge >= 0.3 is 5.97 Å². The van der Waals surface area contributed by atoms with Crippen molar-refractivity contribution in [1.29, 1.82) is 0 Å². The molecule has 1 atom stereocenters. The van der Waals surface area contributed by atoms with Gasteiger partial charge in [-0.05, 0) is 24.5 Å². The highest BCUT2D eigenvalue weighted by atomic mass is 32.2. The smallest absolute Gasteiger partial charge is 0.303 e. The van der Waals surface area contributed by atoms with Gasteiger partial charge in [0.25, 0.3) is 0 Å². The van der Waals surface area contributed by atoms with E-state index in [-0.39, 0.29) is 25.3 Å². The summed E-state index contributed by atoms with van der Waals surface area (Å²) in [6.45, 7) is 5.01. The van der Waals surface area contributed by atoms with Crippen molar-refractivity contribution < 1.29 is 14.7 Å². The number of hydrogen-bond acceptors (Lipinski definition) is 3. The second-order valence-corrected chi connectivity index (χ2v) is 7.48. The fourth-order valence-corrected chi connectivity index (χ4v) is 3.28. The summed E-state index contributed by atoms with van der Waals surface area (Å²) < 4.78 is 0. The second kappa shape index (κ2) is 12.2. The van der Waals surface area contributed by atoms with Crippen molar-refractivity contribution in [3.05, 3.63) is 35.9 Å². The zero-order chi connectivity index (χ0) is 19.4. The molecular formula is C21H27NO3S. The van der Waals surface area contributed by atoms with Crippen LogP contribution in [0.3, 0.4) is 0 Å². The number of rotatable bonds is 11. The van der Waals surface area contributed by atoms with E-state index in [9.17, 15) is 9.59 Å². The Kier molecular flexibility index (Phi) is 10.3. The number of terminal acetylenes is 1. The summed E-state index contributed by atoms with van der Waals surface area (Å²) in [7, 11) is 0. The van der Waals surface area contributed by atoms with Gasteiger partial charge in [-0.3, -0.25) is 9.59 Å². The standard InChI is InChI=1S/C21H27NO3S/c1-4-15-22(20(23)13-8-14-21(24)25)16-9-11-18-10-6-7-12-19(18)26-17(3)5-2/h1,6-7,9-12,17H,5,8,13-16H2,2-3H3,(H,24,25)/b11-9+. The van der Waals surface area contributed by atoms with E-state index in [2.05, 4.69) is 31.9 Å². The highest BCUT2D eigenvalue weighted by Crippen LogP contribution is 2.28. The summed E-state index contributed by atoms with van der Waals surface area (Å²) in [5, 5.41) is 9.21. The second-order valence-electron chi connectivity index (χ2n) is 6.00. The molecule has 26 heavy (non-hydrogen) atoms. The average Bonchev–Trinajstić information content (AvgIpc) is 2.61. The van der Waals surface area contributed by atoms with Crippen molar-refractivity contribution in [3.63, 3.8) is 0 Å². The van der Waals surface area contributed by atoms with Crippen LogP contribution in [0.2, 0.25) is 0 Å². The Balaban J connectivity index is 2.70. The number of benzene rings is 1. The molecule has 0 aromatic heterocycles. The van der Waals surface area contributed by atoms with Crippen molar-refractivity contribution in [3.8, 4) is 12.3 Å². The van der Waals surface area contributed by atoms with E-state index in [1.807, 2.05) is 36.0 Å². The molecular weight excluding hydrogens is 346 g/mol. The lowest BCUT2D eigenvalue weighted by Gasteiger charge is -2.18. The van der Waals surface area contributed by atoms with E-state index >= 15 is 0 Å². The van der Waals surface area contributed by atoms with Crippen LogP contribution in [0, 0.1) is 12.3 Å². The largest absolute Gasteiger partial charge is 0.481 e. The summed E-state index contributed by atoms with van der Waals surface area (Å²) in [6, 6.07) is 8.18. The molecule has 0 bridgehead atoms. The van der Waals surface area contributed by atoms with Crippen molar-refractivity contribution in [2.75, 3.05) is 13.1 Å². The molecule has 1 unspecified atom stereocenters. The number of carboxylic acid groups (broad SMARTS) is 1. The first-order valence-electron chi connectivity index (χ1n) is 8.83. The van der Waals surface area contributed by atoms with Crippen molar-refractivity contribution in [2.24, 2.45) is 0 Å². The molecule has 1 N–H and O–H groups in total. The van der Waals surface area contributed by atoms with Gasteiger partial charge in [-0.15, -0.1) is 18.2 Å². The van der Waals surface area contributed by atoms with Gasteiger partial charge in [-0.2, -0.15) is 0 Å². The lowest BCUT2D eigenvalue weighted by molar-refractivity contribution is -0.137. The highest BCUT2D eigenvalue weighted by molar-refractivity contribution is 8.00. The summed E-state index contributed by atoms with van der Waals surface area (Å²) in [5.74, 6) is 1.49. The molecule has 0 radical (unpaired) electrons. The molecule has 1 aromatic rings. The number of aliphatic carboxylic acids is 1. The minimum atomic E-state index is -0.892. The molecule has 0 fully saturated rings. The molecule has 140 valence electrons. The van der Waals surface area contributed by atoms with Crippen LogP contribution in [0.1, 0.15) is 45.1 Å². The molecule has 0 heterocycles. The Hall–Kier alpha value is -2.19. The van der Waals surface area contributed by atoms with Crippen LogP contribution in [0.15, 0.2) is 35.2 Å². The van der Waals surface area contributed by atoms with Crippen LogP contribution in [-0.4, -0.2) is 40.2 Å².